The molecule has 0 heterocycles. The molecule has 0 unspecified atom stereocenters. The highest BCUT2D eigenvalue weighted by atomic mass is 35.5. The lowest BCUT2D eigenvalue weighted by Gasteiger charge is -2.01. The molecule has 0 bridgehead atoms. The Labute approximate surface area is 143 Å². The van der Waals surface area contributed by atoms with Crippen molar-refractivity contribution in [3.63, 3.8) is 0 Å². The Hall–Kier alpha value is -2.30. The summed E-state index contributed by atoms with van der Waals surface area (Å²) in [5.74, 6) is -0.705. The van der Waals surface area contributed by atoms with Crippen LogP contribution in [0.4, 0.5) is 0 Å². The average Bonchev–Trinajstić information content (AvgIpc) is 2.55. The topological polar surface area (TPSA) is 86.8 Å². The van der Waals surface area contributed by atoms with Crippen LogP contribution in [0.3, 0.4) is 0 Å². The van der Waals surface area contributed by atoms with E-state index < -0.39 is 5.97 Å². The van der Waals surface area contributed by atoms with E-state index in [0.717, 1.165) is 11.8 Å². The number of esters is 1. The predicted octanol–water partition coefficient (Wildman–Crippen LogP) is 2.95. The summed E-state index contributed by atoms with van der Waals surface area (Å²) in [5, 5.41) is 14.0. The van der Waals surface area contributed by atoms with Gasteiger partial charge in [0.15, 0.2) is 10.7 Å². The SMILES string of the molecule is CCOC(=O)/C(C#N)=C/N=C(NN=Cc1ccc(Cl)cc1)SC. The van der Waals surface area contributed by atoms with Crippen molar-refractivity contribution in [2.24, 2.45) is 10.1 Å². The van der Waals surface area contributed by atoms with E-state index in [1.165, 1.54) is 11.8 Å². The molecule has 0 saturated heterocycles. The Morgan fingerprint density at radius 3 is 2.74 bits per heavy atom. The molecule has 8 heteroatoms. The number of benzene rings is 1. The second-order valence-corrected chi connectivity index (χ2v) is 5.17. The Morgan fingerprint density at radius 1 is 1.48 bits per heavy atom. The molecule has 0 spiro atoms. The zero-order valence-electron chi connectivity index (χ0n) is 12.6. The molecule has 1 N–H and O–H groups in total. The summed E-state index contributed by atoms with van der Waals surface area (Å²) in [6, 6.07) is 8.89. The quantitative estimate of drug-likeness (QED) is 0.220. The summed E-state index contributed by atoms with van der Waals surface area (Å²) in [4.78, 5) is 15.5. The summed E-state index contributed by atoms with van der Waals surface area (Å²) in [6.07, 6.45) is 4.53. The van der Waals surface area contributed by atoms with Crippen LogP contribution in [0.25, 0.3) is 0 Å². The number of nitrogens with zero attached hydrogens (tertiary/aromatic N) is 3. The molecule has 0 radical (unpaired) electrons. The summed E-state index contributed by atoms with van der Waals surface area (Å²) >= 11 is 7.08. The third-order valence-corrected chi connectivity index (χ3v) is 3.20. The predicted molar refractivity (Wildman–Crippen MR) is 93.5 cm³/mol. The first-order chi connectivity index (χ1) is 11.1. The second kappa shape index (κ2) is 10.4. The van der Waals surface area contributed by atoms with E-state index in [0.29, 0.717) is 10.2 Å². The number of halogens is 1. The summed E-state index contributed by atoms with van der Waals surface area (Å²) in [7, 11) is 0. The van der Waals surface area contributed by atoms with Gasteiger partial charge < -0.3 is 4.74 Å². The molecule has 1 rings (SSSR count). The van der Waals surface area contributed by atoms with Gasteiger partial charge in [-0.1, -0.05) is 35.5 Å². The van der Waals surface area contributed by atoms with Gasteiger partial charge in [0.25, 0.3) is 0 Å². The zero-order chi connectivity index (χ0) is 17.1. The van der Waals surface area contributed by atoms with Crippen LogP contribution >= 0.6 is 23.4 Å². The van der Waals surface area contributed by atoms with E-state index >= 15 is 0 Å². The fourth-order valence-corrected chi connectivity index (χ4v) is 1.73. The van der Waals surface area contributed by atoms with Gasteiger partial charge in [-0.05, 0) is 30.9 Å². The van der Waals surface area contributed by atoms with Crippen LogP contribution in [0.5, 0.6) is 0 Å². The minimum atomic E-state index is -0.705. The van der Waals surface area contributed by atoms with Gasteiger partial charge in [-0.25, -0.2) is 9.79 Å². The maximum absolute atomic E-state index is 11.5. The van der Waals surface area contributed by atoms with E-state index in [9.17, 15) is 4.79 Å². The van der Waals surface area contributed by atoms with Crippen LogP contribution in [-0.4, -0.2) is 30.2 Å². The Morgan fingerprint density at radius 2 is 2.17 bits per heavy atom. The first-order valence-corrected chi connectivity index (χ1v) is 8.14. The molecule has 0 fully saturated rings. The fourth-order valence-electron chi connectivity index (χ4n) is 1.30. The molecule has 1 aromatic carbocycles. The molecule has 0 aliphatic carbocycles. The minimum absolute atomic E-state index is 0.179. The largest absolute Gasteiger partial charge is 0.462 e. The van der Waals surface area contributed by atoms with Crippen LogP contribution < -0.4 is 5.43 Å². The zero-order valence-corrected chi connectivity index (χ0v) is 14.2. The van der Waals surface area contributed by atoms with Crippen molar-refractivity contribution in [1.29, 1.82) is 5.26 Å². The number of amidine groups is 1. The monoisotopic (exact) mass is 350 g/mol. The van der Waals surface area contributed by atoms with E-state index in [1.54, 1.807) is 37.6 Å². The standard InChI is InChI=1S/C15H15ClN4O2S/c1-3-22-14(21)12(8-17)10-18-15(23-2)20-19-9-11-4-6-13(16)7-5-11/h4-7,9-10H,3H2,1-2H3,(H,18,20)/b12-10+,19-9?. The summed E-state index contributed by atoms with van der Waals surface area (Å²) in [6.45, 7) is 1.86. The lowest BCUT2D eigenvalue weighted by atomic mass is 10.2. The highest BCUT2D eigenvalue weighted by molar-refractivity contribution is 8.13. The summed E-state index contributed by atoms with van der Waals surface area (Å²) in [5.41, 5.74) is 3.41. The van der Waals surface area contributed by atoms with Crippen LogP contribution in [0.2, 0.25) is 5.02 Å². The number of hydrogen-bond donors (Lipinski definition) is 1. The number of carbonyl (C=O) groups excluding carboxylic acids is 1. The Bertz CT molecular complexity index is 663. The number of nitrogens with one attached hydrogen (secondary N) is 1. The Kier molecular flexibility index (Phi) is 8.50. The molecule has 0 amide bonds. The molecular formula is C15H15ClN4O2S. The van der Waals surface area contributed by atoms with Crippen LogP contribution in [0.1, 0.15) is 12.5 Å². The lowest BCUT2D eigenvalue weighted by molar-refractivity contribution is -0.138. The number of hydrogen-bond acceptors (Lipinski definition) is 6. The van der Waals surface area contributed by atoms with Crippen LogP contribution in [0.15, 0.2) is 46.1 Å². The maximum Gasteiger partial charge on any atom is 0.350 e. The molecule has 0 atom stereocenters. The first kappa shape index (κ1) is 18.7. The molecule has 120 valence electrons. The number of thioether (sulfide) groups is 1. The van der Waals surface area contributed by atoms with Gasteiger partial charge >= 0.3 is 5.97 Å². The van der Waals surface area contributed by atoms with Crippen LogP contribution in [0, 0.1) is 11.3 Å². The van der Waals surface area contributed by atoms with E-state index in [2.05, 4.69) is 15.5 Å². The lowest BCUT2D eigenvalue weighted by Crippen LogP contribution is -2.13. The van der Waals surface area contributed by atoms with Crippen molar-refractivity contribution in [3.05, 3.63) is 46.6 Å². The van der Waals surface area contributed by atoms with Gasteiger partial charge in [0, 0.05) is 5.02 Å². The van der Waals surface area contributed by atoms with E-state index in [4.69, 9.17) is 21.6 Å². The molecule has 6 nitrogen and oxygen atoms in total. The van der Waals surface area contributed by atoms with Crippen molar-refractivity contribution in [1.82, 2.24) is 5.43 Å². The van der Waals surface area contributed by atoms with E-state index in [-0.39, 0.29) is 12.2 Å². The number of rotatable bonds is 5. The van der Waals surface area contributed by atoms with Crippen molar-refractivity contribution in [2.75, 3.05) is 12.9 Å². The smallest absolute Gasteiger partial charge is 0.350 e. The van der Waals surface area contributed by atoms with Gasteiger partial charge in [-0.3, -0.25) is 5.43 Å². The van der Waals surface area contributed by atoms with Crippen molar-refractivity contribution >= 4 is 40.7 Å². The highest BCUT2D eigenvalue weighted by Gasteiger charge is 2.09. The molecule has 0 aliphatic rings. The van der Waals surface area contributed by atoms with Gasteiger partial charge in [0.1, 0.15) is 6.07 Å². The number of carbonyl (C=O) groups is 1. The van der Waals surface area contributed by atoms with Gasteiger partial charge in [0.05, 0.1) is 19.0 Å². The van der Waals surface area contributed by atoms with E-state index in [1.807, 2.05) is 12.1 Å². The number of nitriles is 1. The molecular weight excluding hydrogens is 336 g/mol. The average molecular weight is 351 g/mol. The van der Waals surface area contributed by atoms with Crippen molar-refractivity contribution in [2.45, 2.75) is 6.92 Å². The summed E-state index contributed by atoms with van der Waals surface area (Å²) < 4.78 is 4.74. The highest BCUT2D eigenvalue weighted by Crippen LogP contribution is 2.07. The Balaban J connectivity index is 2.73. The number of ether oxygens (including phenoxy) is 1. The molecule has 0 aromatic heterocycles. The fraction of sp³-hybridized carbons (Fsp3) is 0.200. The first-order valence-electron chi connectivity index (χ1n) is 6.54. The van der Waals surface area contributed by atoms with Crippen molar-refractivity contribution in [3.8, 4) is 6.07 Å². The normalized spacial score (nSPS) is 12.1. The number of hydrazone groups is 1. The molecule has 0 saturated carbocycles. The van der Waals surface area contributed by atoms with Crippen LogP contribution in [-0.2, 0) is 9.53 Å². The maximum atomic E-state index is 11.5. The molecule has 23 heavy (non-hydrogen) atoms. The van der Waals surface area contributed by atoms with Gasteiger partial charge in [-0.15, -0.1) is 0 Å². The molecule has 1 aromatic rings. The van der Waals surface area contributed by atoms with Crippen molar-refractivity contribution < 1.29 is 9.53 Å². The second-order valence-electron chi connectivity index (χ2n) is 3.93. The van der Waals surface area contributed by atoms with Gasteiger partial charge in [-0.2, -0.15) is 10.4 Å². The number of aliphatic imine (C=N–C) groups is 1. The van der Waals surface area contributed by atoms with Gasteiger partial charge in [0.2, 0.25) is 0 Å². The third kappa shape index (κ3) is 7.00. The third-order valence-electron chi connectivity index (χ3n) is 2.36. The minimum Gasteiger partial charge on any atom is -0.462 e. The molecule has 0 aliphatic heterocycles.